The van der Waals surface area contributed by atoms with Crippen LogP contribution >= 0.6 is 0 Å². The van der Waals surface area contributed by atoms with E-state index in [2.05, 4.69) is 39.6 Å². The summed E-state index contributed by atoms with van der Waals surface area (Å²) < 4.78 is 2.20. The summed E-state index contributed by atoms with van der Waals surface area (Å²) in [5.41, 5.74) is 1.22. The predicted octanol–water partition coefficient (Wildman–Crippen LogP) is 2.84. The second kappa shape index (κ2) is 8.70. The molecule has 0 radical (unpaired) electrons. The summed E-state index contributed by atoms with van der Waals surface area (Å²) in [6, 6.07) is 10.4. The Balaban J connectivity index is 1.33. The van der Waals surface area contributed by atoms with Crippen LogP contribution in [-0.2, 0) is 16.1 Å². The van der Waals surface area contributed by atoms with E-state index >= 15 is 0 Å². The largest absolute Gasteiger partial charge is 0.355 e. The zero-order chi connectivity index (χ0) is 17.5. The number of nitrogens with one attached hydrogen (secondary N) is 2. The third-order valence-corrected chi connectivity index (χ3v) is 4.98. The Kier molecular flexibility index (Phi) is 6.09. The lowest BCUT2D eigenvalue weighted by Crippen LogP contribution is -2.40. The lowest BCUT2D eigenvalue weighted by atomic mass is 9.89. The number of nitrogens with zero attached hydrogens (tertiary/aromatic N) is 1. The van der Waals surface area contributed by atoms with Crippen LogP contribution in [0, 0.1) is 5.92 Å². The van der Waals surface area contributed by atoms with Crippen LogP contribution in [0.2, 0.25) is 0 Å². The molecule has 5 nitrogen and oxygen atoms in total. The van der Waals surface area contributed by atoms with Gasteiger partial charge in [-0.1, -0.05) is 37.5 Å². The monoisotopic (exact) mass is 341 g/mol. The molecule has 1 saturated carbocycles. The fourth-order valence-corrected chi connectivity index (χ4v) is 3.55. The quantitative estimate of drug-likeness (QED) is 0.761. The van der Waals surface area contributed by atoms with Gasteiger partial charge in [-0.2, -0.15) is 0 Å². The van der Waals surface area contributed by atoms with E-state index in [1.165, 1.54) is 17.3 Å². The van der Waals surface area contributed by atoms with Crippen LogP contribution in [0.1, 0.15) is 38.5 Å². The number of rotatable bonds is 7. The van der Waals surface area contributed by atoms with Crippen LogP contribution in [0.25, 0.3) is 10.9 Å². The van der Waals surface area contributed by atoms with E-state index in [4.69, 9.17) is 0 Å². The molecule has 134 valence electrons. The molecular formula is C20H27N3O2. The number of aromatic nitrogens is 1. The van der Waals surface area contributed by atoms with Gasteiger partial charge in [0.15, 0.2) is 0 Å². The summed E-state index contributed by atoms with van der Waals surface area (Å²) in [5.74, 6) is 0.0266. The SMILES string of the molecule is O=C(CNC(=O)C1CCCCC1)NCCCn1ccc2ccccc21. The molecule has 25 heavy (non-hydrogen) atoms. The van der Waals surface area contributed by atoms with Gasteiger partial charge in [0, 0.05) is 30.7 Å². The first-order chi connectivity index (χ1) is 12.2. The number of hydrogen-bond donors (Lipinski definition) is 2. The third kappa shape index (κ3) is 4.84. The molecule has 0 aliphatic heterocycles. The molecule has 3 rings (SSSR count). The van der Waals surface area contributed by atoms with Crippen LogP contribution in [0.5, 0.6) is 0 Å². The summed E-state index contributed by atoms with van der Waals surface area (Å²) in [4.78, 5) is 23.9. The maximum absolute atomic E-state index is 12.0. The number of amides is 2. The van der Waals surface area contributed by atoms with Gasteiger partial charge in [0.2, 0.25) is 11.8 Å². The molecule has 1 aliphatic rings. The Morgan fingerprint density at radius 1 is 1.04 bits per heavy atom. The van der Waals surface area contributed by atoms with Crippen molar-refractivity contribution in [1.82, 2.24) is 15.2 Å². The Hall–Kier alpha value is -2.30. The smallest absolute Gasteiger partial charge is 0.239 e. The second-order valence-corrected chi connectivity index (χ2v) is 6.82. The topological polar surface area (TPSA) is 63.1 Å². The minimum atomic E-state index is -0.110. The van der Waals surface area contributed by atoms with Crippen molar-refractivity contribution in [2.45, 2.75) is 45.1 Å². The molecule has 0 saturated heterocycles. The summed E-state index contributed by atoms with van der Waals surface area (Å²) in [6.07, 6.45) is 8.33. The normalized spacial score (nSPS) is 15.2. The van der Waals surface area contributed by atoms with Crippen molar-refractivity contribution >= 4 is 22.7 Å². The van der Waals surface area contributed by atoms with Crippen molar-refractivity contribution in [1.29, 1.82) is 0 Å². The van der Waals surface area contributed by atoms with Gasteiger partial charge in [-0.05, 0) is 36.8 Å². The van der Waals surface area contributed by atoms with Gasteiger partial charge < -0.3 is 15.2 Å². The average Bonchev–Trinajstić information content (AvgIpc) is 3.07. The highest BCUT2D eigenvalue weighted by atomic mass is 16.2. The molecule has 1 aliphatic carbocycles. The fourth-order valence-electron chi connectivity index (χ4n) is 3.55. The average molecular weight is 341 g/mol. The number of hydrogen-bond acceptors (Lipinski definition) is 2. The van der Waals surface area contributed by atoms with Crippen molar-refractivity contribution in [2.75, 3.05) is 13.1 Å². The maximum atomic E-state index is 12.0. The van der Waals surface area contributed by atoms with E-state index in [1.807, 2.05) is 12.1 Å². The number of carbonyl (C=O) groups is 2. The predicted molar refractivity (Wildman–Crippen MR) is 99.1 cm³/mol. The van der Waals surface area contributed by atoms with Crippen molar-refractivity contribution in [3.63, 3.8) is 0 Å². The Morgan fingerprint density at radius 2 is 1.84 bits per heavy atom. The summed E-state index contributed by atoms with van der Waals surface area (Å²) in [6.45, 7) is 1.56. The first-order valence-electron chi connectivity index (χ1n) is 9.32. The lowest BCUT2D eigenvalue weighted by Gasteiger charge is -2.20. The van der Waals surface area contributed by atoms with Gasteiger partial charge in [-0.3, -0.25) is 9.59 Å². The van der Waals surface area contributed by atoms with Crippen LogP contribution < -0.4 is 10.6 Å². The van der Waals surface area contributed by atoms with E-state index in [0.29, 0.717) is 6.54 Å². The van der Waals surface area contributed by atoms with Crippen molar-refractivity contribution in [3.8, 4) is 0 Å². The highest BCUT2D eigenvalue weighted by Gasteiger charge is 2.21. The fraction of sp³-hybridized carbons (Fsp3) is 0.500. The third-order valence-electron chi connectivity index (χ3n) is 4.98. The Morgan fingerprint density at radius 3 is 2.68 bits per heavy atom. The molecule has 0 spiro atoms. The van der Waals surface area contributed by atoms with E-state index in [1.54, 1.807) is 0 Å². The van der Waals surface area contributed by atoms with E-state index in [0.717, 1.165) is 38.6 Å². The molecule has 0 bridgehead atoms. The highest BCUT2D eigenvalue weighted by molar-refractivity contribution is 5.85. The lowest BCUT2D eigenvalue weighted by molar-refractivity contribution is -0.129. The van der Waals surface area contributed by atoms with E-state index < -0.39 is 0 Å². The Labute approximate surface area is 148 Å². The molecule has 0 atom stereocenters. The van der Waals surface area contributed by atoms with Crippen LogP contribution in [0.3, 0.4) is 0 Å². The highest BCUT2D eigenvalue weighted by Crippen LogP contribution is 2.23. The first-order valence-corrected chi connectivity index (χ1v) is 9.32. The van der Waals surface area contributed by atoms with Gasteiger partial charge in [0.1, 0.15) is 0 Å². The van der Waals surface area contributed by atoms with E-state index in [9.17, 15) is 9.59 Å². The van der Waals surface area contributed by atoms with Gasteiger partial charge in [0.05, 0.1) is 6.54 Å². The van der Waals surface area contributed by atoms with Crippen molar-refractivity contribution < 1.29 is 9.59 Å². The molecule has 1 fully saturated rings. The van der Waals surface area contributed by atoms with Gasteiger partial charge in [0.25, 0.3) is 0 Å². The first kappa shape index (κ1) is 17.5. The zero-order valence-corrected chi connectivity index (χ0v) is 14.7. The van der Waals surface area contributed by atoms with E-state index in [-0.39, 0.29) is 24.3 Å². The summed E-state index contributed by atoms with van der Waals surface area (Å²) >= 11 is 0. The molecular weight excluding hydrogens is 314 g/mol. The molecule has 1 aromatic heterocycles. The minimum Gasteiger partial charge on any atom is -0.355 e. The van der Waals surface area contributed by atoms with Crippen molar-refractivity contribution in [3.05, 3.63) is 36.5 Å². The summed E-state index contributed by atoms with van der Waals surface area (Å²) in [7, 11) is 0. The standard InChI is InChI=1S/C20H27N3O2/c24-19(15-22-20(25)17-8-2-1-3-9-17)21-12-6-13-23-14-11-16-7-4-5-10-18(16)23/h4-5,7,10-11,14,17H,1-3,6,8-9,12-13,15H2,(H,21,24)(H,22,25). The summed E-state index contributed by atoms with van der Waals surface area (Å²) in [5, 5.41) is 6.89. The zero-order valence-electron chi connectivity index (χ0n) is 14.7. The van der Waals surface area contributed by atoms with Gasteiger partial charge in [-0.15, -0.1) is 0 Å². The minimum absolute atomic E-state index is 0.0358. The van der Waals surface area contributed by atoms with Crippen molar-refractivity contribution in [2.24, 2.45) is 5.92 Å². The molecule has 2 N–H and O–H groups in total. The van der Waals surface area contributed by atoms with Crippen LogP contribution in [-0.4, -0.2) is 29.5 Å². The maximum Gasteiger partial charge on any atom is 0.239 e. The van der Waals surface area contributed by atoms with Crippen LogP contribution in [0.15, 0.2) is 36.5 Å². The second-order valence-electron chi connectivity index (χ2n) is 6.82. The molecule has 0 unspecified atom stereocenters. The molecule has 1 aromatic carbocycles. The number of aryl methyl sites for hydroxylation is 1. The number of benzene rings is 1. The van der Waals surface area contributed by atoms with Crippen LogP contribution in [0.4, 0.5) is 0 Å². The number of carbonyl (C=O) groups excluding carboxylic acids is 2. The molecule has 2 aromatic rings. The van der Waals surface area contributed by atoms with Gasteiger partial charge >= 0.3 is 0 Å². The number of para-hydroxylation sites is 1. The molecule has 2 amide bonds. The molecule has 1 heterocycles. The Bertz CT molecular complexity index is 717. The molecule has 5 heteroatoms. The number of fused-ring (bicyclic) bond motifs is 1. The van der Waals surface area contributed by atoms with Gasteiger partial charge in [-0.25, -0.2) is 0 Å².